The molecule has 0 aliphatic heterocycles. The smallest absolute Gasteiger partial charge is 0.370 e. The lowest BCUT2D eigenvalue weighted by Gasteiger charge is -1.95. The first kappa shape index (κ1) is 7.72. The predicted molar refractivity (Wildman–Crippen MR) is 43.3 cm³/mol. The molecule has 0 spiro atoms. The molecule has 1 aromatic carbocycles. The van der Waals surface area contributed by atoms with E-state index < -0.39 is 11.4 Å². The molecule has 0 radical (unpaired) electrons. The van der Waals surface area contributed by atoms with Gasteiger partial charge in [0, 0.05) is 0 Å². The van der Waals surface area contributed by atoms with Crippen LogP contribution in [0.2, 0.25) is 0 Å². The molecule has 0 saturated heterocycles. The maximum Gasteiger partial charge on any atom is 0.451 e. The van der Waals surface area contributed by atoms with Crippen LogP contribution in [0.15, 0.2) is 38.3 Å². The minimum absolute atomic E-state index is 0.0459. The maximum atomic E-state index is 12.9. The summed E-state index contributed by atoms with van der Waals surface area (Å²) in [6.07, 6.45) is 0. The number of aromatic nitrogens is 1. The number of hydrogen-bond acceptors (Lipinski definition) is 3. The van der Waals surface area contributed by atoms with Crippen LogP contribution >= 0.6 is 0 Å². The highest BCUT2D eigenvalue weighted by Crippen LogP contribution is 2.06. The van der Waals surface area contributed by atoms with Gasteiger partial charge in [-0.3, -0.25) is 0 Å². The molecular weight excluding hydrogens is 177 g/mol. The second-order valence-corrected chi connectivity index (χ2v) is 2.45. The maximum absolute atomic E-state index is 12.9. The van der Waals surface area contributed by atoms with Gasteiger partial charge in [0.05, 0.1) is 10.9 Å². The summed E-state index contributed by atoms with van der Waals surface area (Å²) in [6.45, 7) is 0. The number of halogens is 1. The SMILES string of the molecule is O=c1oc(=O)n(F)c2ccccc12. The third kappa shape index (κ3) is 1.05. The topological polar surface area (TPSA) is 52.2 Å². The molecule has 0 unspecified atom stereocenters. The summed E-state index contributed by atoms with van der Waals surface area (Å²) in [5, 5.41) is 0.0459. The monoisotopic (exact) mass is 181 g/mol. The van der Waals surface area contributed by atoms with E-state index in [4.69, 9.17) is 0 Å². The van der Waals surface area contributed by atoms with Crippen molar-refractivity contribution in [2.45, 2.75) is 0 Å². The van der Waals surface area contributed by atoms with E-state index in [2.05, 4.69) is 4.42 Å². The molecule has 0 aliphatic rings. The zero-order chi connectivity index (χ0) is 9.42. The molecular formula is C8H4FNO3. The van der Waals surface area contributed by atoms with Crippen molar-refractivity contribution in [3.63, 3.8) is 0 Å². The van der Waals surface area contributed by atoms with Crippen LogP contribution in [0.1, 0.15) is 0 Å². The lowest BCUT2D eigenvalue weighted by Crippen LogP contribution is -2.20. The minimum Gasteiger partial charge on any atom is -0.370 e. The number of nitrogens with zero attached hydrogens (tertiary/aromatic N) is 1. The van der Waals surface area contributed by atoms with E-state index in [1.54, 1.807) is 6.07 Å². The van der Waals surface area contributed by atoms with Crippen LogP contribution in [0.25, 0.3) is 10.9 Å². The molecule has 0 bridgehead atoms. The summed E-state index contributed by atoms with van der Waals surface area (Å²) in [7, 11) is 0. The lowest BCUT2D eigenvalue weighted by molar-refractivity contribution is 0.291. The van der Waals surface area contributed by atoms with Crippen molar-refractivity contribution in [1.29, 1.82) is 0 Å². The summed E-state index contributed by atoms with van der Waals surface area (Å²) >= 11 is 0. The Morgan fingerprint density at radius 1 is 1.23 bits per heavy atom. The van der Waals surface area contributed by atoms with Crippen molar-refractivity contribution in [1.82, 2.24) is 4.79 Å². The van der Waals surface area contributed by atoms with E-state index >= 15 is 0 Å². The van der Waals surface area contributed by atoms with Crippen LogP contribution < -0.4 is 11.4 Å². The van der Waals surface area contributed by atoms with Gasteiger partial charge in [-0.2, -0.15) is 0 Å². The minimum atomic E-state index is -1.30. The fourth-order valence-corrected chi connectivity index (χ4v) is 1.09. The predicted octanol–water partition coefficient (Wildman–Crippen LogP) is 0.687. The fraction of sp³-hybridized carbons (Fsp3) is 0. The molecule has 66 valence electrons. The van der Waals surface area contributed by atoms with Gasteiger partial charge in [-0.15, -0.1) is 4.79 Å². The largest absolute Gasteiger partial charge is 0.451 e. The zero-order valence-electron chi connectivity index (χ0n) is 6.36. The van der Waals surface area contributed by atoms with Gasteiger partial charge >= 0.3 is 11.4 Å². The number of hydrogen-bond donors (Lipinski definition) is 0. The summed E-state index contributed by atoms with van der Waals surface area (Å²) < 4.78 is 17.0. The van der Waals surface area contributed by atoms with E-state index in [1.165, 1.54) is 18.2 Å². The lowest BCUT2D eigenvalue weighted by atomic mass is 10.2. The molecule has 1 heterocycles. The molecule has 0 aliphatic carbocycles. The summed E-state index contributed by atoms with van der Waals surface area (Å²) in [5.74, 6) is -1.30. The summed E-state index contributed by atoms with van der Waals surface area (Å²) in [4.78, 5) is 21.5. The number of para-hydroxylation sites is 1. The van der Waals surface area contributed by atoms with Crippen molar-refractivity contribution in [3.8, 4) is 0 Å². The van der Waals surface area contributed by atoms with E-state index in [0.29, 0.717) is 0 Å². The zero-order valence-corrected chi connectivity index (χ0v) is 6.36. The molecule has 4 nitrogen and oxygen atoms in total. The highest BCUT2D eigenvalue weighted by Gasteiger charge is 2.06. The van der Waals surface area contributed by atoms with Crippen LogP contribution in [0.3, 0.4) is 0 Å². The Hall–Kier alpha value is -1.91. The van der Waals surface area contributed by atoms with E-state index in [1.807, 2.05) is 0 Å². The van der Waals surface area contributed by atoms with Gasteiger partial charge < -0.3 is 4.42 Å². The number of fused-ring (bicyclic) bond motifs is 1. The van der Waals surface area contributed by atoms with Gasteiger partial charge in [-0.05, 0) is 12.1 Å². The van der Waals surface area contributed by atoms with Crippen molar-refractivity contribution in [2.24, 2.45) is 0 Å². The van der Waals surface area contributed by atoms with Crippen LogP contribution in [0, 0.1) is 0 Å². The van der Waals surface area contributed by atoms with Gasteiger partial charge in [0.15, 0.2) is 0 Å². The van der Waals surface area contributed by atoms with Crippen LogP contribution in [0.5, 0.6) is 0 Å². The van der Waals surface area contributed by atoms with Crippen LogP contribution in [-0.2, 0) is 0 Å². The number of benzene rings is 1. The molecule has 13 heavy (non-hydrogen) atoms. The van der Waals surface area contributed by atoms with Crippen LogP contribution in [0.4, 0.5) is 4.48 Å². The quantitative estimate of drug-likeness (QED) is 0.600. The molecule has 0 saturated carbocycles. The highest BCUT2D eigenvalue weighted by molar-refractivity contribution is 5.76. The average molecular weight is 181 g/mol. The Morgan fingerprint density at radius 3 is 2.69 bits per heavy atom. The van der Waals surface area contributed by atoms with Crippen LogP contribution in [-0.4, -0.2) is 4.79 Å². The average Bonchev–Trinajstić information content (AvgIpc) is 2.15. The highest BCUT2D eigenvalue weighted by atomic mass is 19.2. The van der Waals surface area contributed by atoms with Crippen molar-refractivity contribution >= 4 is 10.9 Å². The normalized spacial score (nSPS) is 10.5. The van der Waals surface area contributed by atoms with Gasteiger partial charge in [0.2, 0.25) is 0 Å². The second kappa shape index (κ2) is 2.55. The molecule has 2 rings (SSSR count). The van der Waals surface area contributed by atoms with Crippen molar-refractivity contribution < 1.29 is 8.90 Å². The van der Waals surface area contributed by atoms with E-state index in [9.17, 15) is 14.1 Å². The molecule has 1 aromatic heterocycles. The number of rotatable bonds is 0. The molecule has 0 fully saturated rings. The molecule has 2 aromatic rings. The van der Waals surface area contributed by atoms with Gasteiger partial charge in [0.25, 0.3) is 0 Å². The Labute approximate surface area is 70.8 Å². The first-order valence-electron chi connectivity index (χ1n) is 3.51. The third-order valence-corrected chi connectivity index (χ3v) is 1.68. The first-order valence-corrected chi connectivity index (χ1v) is 3.51. The first-order chi connectivity index (χ1) is 6.20. The third-order valence-electron chi connectivity index (χ3n) is 1.68. The van der Waals surface area contributed by atoms with Crippen molar-refractivity contribution in [3.05, 3.63) is 45.2 Å². The molecule has 5 heteroatoms. The van der Waals surface area contributed by atoms with Crippen molar-refractivity contribution in [2.75, 3.05) is 0 Å². The molecule has 0 atom stereocenters. The van der Waals surface area contributed by atoms with Gasteiger partial charge in [-0.25, -0.2) is 9.59 Å². The van der Waals surface area contributed by atoms with E-state index in [0.717, 1.165) is 0 Å². The Bertz CT molecular complexity index is 569. The Morgan fingerprint density at radius 2 is 1.92 bits per heavy atom. The molecule has 0 N–H and O–H groups in total. The van der Waals surface area contributed by atoms with Gasteiger partial charge in [-0.1, -0.05) is 16.6 Å². The fourth-order valence-electron chi connectivity index (χ4n) is 1.09. The summed E-state index contributed by atoms with van der Waals surface area (Å²) in [6, 6.07) is 5.80. The Balaban J connectivity index is 3.15. The molecule has 0 amide bonds. The van der Waals surface area contributed by atoms with E-state index in [-0.39, 0.29) is 15.7 Å². The summed E-state index contributed by atoms with van der Waals surface area (Å²) in [5.41, 5.74) is -0.904. The second-order valence-electron chi connectivity index (χ2n) is 2.45. The van der Waals surface area contributed by atoms with Gasteiger partial charge in [0.1, 0.15) is 0 Å². The standard InChI is InChI=1S/C8H4FNO3/c9-10-6-4-2-1-3-5(6)7(11)13-8(10)12/h1-4H. The Kier molecular flexibility index (Phi) is 1.51.